The minimum atomic E-state index is 0.0700. The second-order valence-electron chi connectivity index (χ2n) is 5.71. The van der Waals surface area contributed by atoms with E-state index in [2.05, 4.69) is 36.2 Å². The lowest BCUT2D eigenvalue weighted by atomic mass is 9.95. The van der Waals surface area contributed by atoms with Gasteiger partial charge in [-0.3, -0.25) is 0 Å². The molecule has 1 aromatic rings. The van der Waals surface area contributed by atoms with Crippen LogP contribution in [-0.4, -0.2) is 43.5 Å². The van der Waals surface area contributed by atoms with Crippen LogP contribution in [0.1, 0.15) is 20.3 Å². The molecule has 0 aliphatic carbocycles. The fraction of sp³-hybridized carbons (Fsp3) is 0.600. The SMILES string of the molecule is COc1ccc(N2CC(CCO)NCC2(C)C)cc1. The van der Waals surface area contributed by atoms with E-state index in [9.17, 15) is 0 Å². The Kier molecular flexibility index (Phi) is 4.32. The standard InChI is InChI=1S/C15H24N2O2/c1-15(2)11-16-12(8-9-18)10-17(15)13-4-6-14(19-3)7-5-13/h4-7,12,16,18H,8-11H2,1-3H3. The molecule has 1 heterocycles. The molecule has 1 saturated heterocycles. The molecule has 4 nitrogen and oxygen atoms in total. The molecular weight excluding hydrogens is 240 g/mol. The van der Waals surface area contributed by atoms with Gasteiger partial charge in [-0.1, -0.05) is 0 Å². The molecule has 1 fully saturated rings. The van der Waals surface area contributed by atoms with Crippen molar-refractivity contribution in [2.75, 3.05) is 31.7 Å². The maximum Gasteiger partial charge on any atom is 0.119 e. The molecule has 4 heteroatoms. The first-order chi connectivity index (χ1) is 9.06. The van der Waals surface area contributed by atoms with Gasteiger partial charge >= 0.3 is 0 Å². The lowest BCUT2D eigenvalue weighted by Gasteiger charge is -2.47. The van der Waals surface area contributed by atoms with Crippen LogP contribution in [0.15, 0.2) is 24.3 Å². The Labute approximate surface area is 115 Å². The fourth-order valence-corrected chi connectivity index (χ4v) is 2.59. The summed E-state index contributed by atoms with van der Waals surface area (Å²) in [5.41, 5.74) is 1.27. The molecule has 1 aromatic carbocycles. The third-order valence-corrected chi connectivity index (χ3v) is 3.82. The summed E-state index contributed by atoms with van der Waals surface area (Å²) in [4.78, 5) is 2.41. The average Bonchev–Trinajstić information content (AvgIpc) is 2.41. The maximum atomic E-state index is 9.10. The molecular formula is C15H24N2O2. The first-order valence-corrected chi connectivity index (χ1v) is 6.83. The Balaban J connectivity index is 2.17. The van der Waals surface area contributed by atoms with Gasteiger partial charge < -0.3 is 20.1 Å². The van der Waals surface area contributed by atoms with Crippen LogP contribution in [0.4, 0.5) is 5.69 Å². The molecule has 2 N–H and O–H groups in total. The van der Waals surface area contributed by atoms with Crippen molar-refractivity contribution < 1.29 is 9.84 Å². The zero-order valence-corrected chi connectivity index (χ0v) is 12.0. The minimum absolute atomic E-state index is 0.0700. The molecule has 0 bridgehead atoms. The smallest absolute Gasteiger partial charge is 0.119 e. The van der Waals surface area contributed by atoms with E-state index in [0.717, 1.165) is 25.3 Å². The van der Waals surface area contributed by atoms with Crippen LogP contribution in [0.3, 0.4) is 0 Å². The molecule has 0 saturated carbocycles. The van der Waals surface area contributed by atoms with E-state index < -0.39 is 0 Å². The number of piperazine rings is 1. The summed E-state index contributed by atoms with van der Waals surface area (Å²) in [5.74, 6) is 0.878. The molecule has 1 atom stereocenters. The molecule has 1 aliphatic heterocycles. The monoisotopic (exact) mass is 264 g/mol. The summed E-state index contributed by atoms with van der Waals surface area (Å²) in [7, 11) is 1.68. The quantitative estimate of drug-likeness (QED) is 0.867. The highest BCUT2D eigenvalue weighted by molar-refractivity contribution is 5.52. The van der Waals surface area contributed by atoms with Crippen molar-refractivity contribution in [2.24, 2.45) is 0 Å². The molecule has 0 amide bonds. The fourth-order valence-electron chi connectivity index (χ4n) is 2.59. The number of hydrogen-bond acceptors (Lipinski definition) is 4. The Bertz CT molecular complexity index is 403. The Morgan fingerprint density at radius 1 is 1.37 bits per heavy atom. The number of nitrogens with one attached hydrogen (secondary N) is 1. The topological polar surface area (TPSA) is 44.7 Å². The van der Waals surface area contributed by atoms with Crippen LogP contribution >= 0.6 is 0 Å². The molecule has 1 aliphatic rings. The van der Waals surface area contributed by atoms with Gasteiger partial charge in [-0.2, -0.15) is 0 Å². The van der Waals surface area contributed by atoms with E-state index >= 15 is 0 Å². The minimum Gasteiger partial charge on any atom is -0.497 e. The highest BCUT2D eigenvalue weighted by Gasteiger charge is 2.33. The van der Waals surface area contributed by atoms with E-state index in [4.69, 9.17) is 9.84 Å². The second-order valence-corrected chi connectivity index (χ2v) is 5.71. The van der Waals surface area contributed by atoms with Crippen LogP contribution in [0, 0.1) is 0 Å². The maximum absolute atomic E-state index is 9.10. The molecule has 0 radical (unpaired) electrons. The summed E-state index contributed by atoms with van der Waals surface area (Å²) < 4.78 is 5.20. The molecule has 106 valence electrons. The number of benzene rings is 1. The third-order valence-electron chi connectivity index (χ3n) is 3.82. The summed E-state index contributed by atoms with van der Waals surface area (Å²) in [6, 6.07) is 8.53. The van der Waals surface area contributed by atoms with Crippen molar-refractivity contribution in [3.05, 3.63) is 24.3 Å². The van der Waals surface area contributed by atoms with Crippen molar-refractivity contribution in [3.8, 4) is 5.75 Å². The lowest BCUT2D eigenvalue weighted by molar-refractivity contribution is 0.239. The summed E-state index contributed by atoms with van der Waals surface area (Å²) >= 11 is 0. The van der Waals surface area contributed by atoms with Gasteiger partial charge in [-0.05, 0) is 44.5 Å². The number of rotatable bonds is 4. The van der Waals surface area contributed by atoms with Crippen molar-refractivity contribution in [1.29, 1.82) is 0 Å². The van der Waals surface area contributed by atoms with E-state index in [0.29, 0.717) is 6.04 Å². The number of nitrogens with zero attached hydrogens (tertiary/aromatic N) is 1. The predicted molar refractivity (Wildman–Crippen MR) is 77.9 cm³/mol. The van der Waals surface area contributed by atoms with E-state index in [1.807, 2.05) is 12.1 Å². The first kappa shape index (κ1) is 14.2. The van der Waals surface area contributed by atoms with Crippen molar-refractivity contribution in [3.63, 3.8) is 0 Å². The van der Waals surface area contributed by atoms with Gasteiger partial charge in [0.15, 0.2) is 0 Å². The van der Waals surface area contributed by atoms with E-state index in [-0.39, 0.29) is 12.1 Å². The molecule has 2 rings (SSSR count). The third kappa shape index (κ3) is 3.19. The van der Waals surface area contributed by atoms with Crippen molar-refractivity contribution >= 4 is 5.69 Å². The van der Waals surface area contributed by atoms with Crippen molar-refractivity contribution in [2.45, 2.75) is 31.8 Å². The number of hydrogen-bond donors (Lipinski definition) is 2. The zero-order valence-electron chi connectivity index (χ0n) is 12.0. The van der Waals surface area contributed by atoms with Crippen LogP contribution in [-0.2, 0) is 0 Å². The highest BCUT2D eigenvalue weighted by Crippen LogP contribution is 2.28. The summed E-state index contributed by atoms with van der Waals surface area (Å²) in [6.45, 7) is 6.54. The van der Waals surface area contributed by atoms with Gasteiger partial charge in [-0.25, -0.2) is 0 Å². The van der Waals surface area contributed by atoms with Gasteiger partial charge in [-0.15, -0.1) is 0 Å². The molecule has 1 unspecified atom stereocenters. The van der Waals surface area contributed by atoms with Gasteiger partial charge in [0.1, 0.15) is 5.75 Å². The Hall–Kier alpha value is -1.26. The number of anilines is 1. The summed E-state index contributed by atoms with van der Waals surface area (Å²) in [5, 5.41) is 12.6. The molecule has 0 spiro atoms. The molecule has 0 aromatic heterocycles. The van der Waals surface area contributed by atoms with Gasteiger partial charge in [0.05, 0.1) is 7.11 Å². The molecule has 19 heavy (non-hydrogen) atoms. The van der Waals surface area contributed by atoms with Crippen molar-refractivity contribution in [1.82, 2.24) is 5.32 Å². The van der Waals surface area contributed by atoms with Crippen LogP contribution in [0.25, 0.3) is 0 Å². The lowest BCUT2D eigenvalue weighted by Crippen LogP contribution is -2.62. The van der Waals surface area contributed by atoms with Gasteiger partial charge in [0, 0.05) is 37.0 Å². The summed E-state index contributed by atoms with van der Waals surface area (Å²) in [6.07, 6.45) is 0.794. The van der Waals surface area contributed by atoms with E-state index in [1.54, 1.807) is 7.11 Å². The number of aliphatic hydroxyl groups excluding tert-OH is 1. The van der Waals surface area contributed by atoms with Crippen LogP contribution < -0.4 is 15.0 Å². The number of aliphatic hydroxyl groups is 1. The predicted octanol–water partition coefficient (Wildman–Crippen LogP) is 1.63. The normalized spacial score (nSPS) is 22.3. The van der Waals surface area contributed by atoms with Crippen LogP contribution in [0.5, 0.6) is 5.75 Å². The number of ether oxygens (including phenoxy) is 1. The van der Waals surface area contributed by atoms with E-state index in [1.165, 1.54) is 5.69 Å². The second kappa shape index (κ2) is 5.80. The zero-order chi connectivity index (χ0) is 13.9. The highest BCUT2D eigenvalue weighted by atomic mass is 16.5. The first-order valence-electron chi connectivity index (χ1n) is 6.83. The van der Waals surface area contributed by atoms with Crippen LogP contribution in [0.2, 0.25) is 0 Å². The largest absolute Gasteiger partial charge is 0.497 e. The van der Waals surface area contributed by atoms with Gasteiger partial charge in [0.25, 0.3) is 0 Å². The van der Waals surface area contributed by atoms with Gasteiger partial charge in [0.2, 0.25) is 0 Å². The number of methoxy groups -OCH3 is 1. The Morgan fingerprint density at radius 3 is 2.63 bits per heavy atom. The average molecular weight is 264 g/mol. The Morgan fingerprint density at radius 2 is 2.05 bits per heavy atom.